The molecule has 2 aromatic carbocycles. The number of hydrogen-bond donors (Lipinski definition) is 2. The average Bonchev–Trinajstić information content (AvgIpc) is 2.77. The van der Waals surface area contributed by atoms with Crippen LogP contribution in [0.25, 0.3) is 5.83 Å². The zero-order chi connectivity index (χ0) is 30.8. The minimum Gasteiger partial charge on any atom is -0.336 e. The van der Waals surface area contributed by atoms with Gasteiger partial charge in [0.05, 0.1) is 27.3 Å². The Labute approximate surface area is 228 Å². The number of amides is 2. The molecule has 0 aliphatic carbocycles. The number of alkyl halides is 9. The van der Waals surface area contributed by atoms with Gasteiger partial charge in [0.2, 0.25) is 5.91 Å². The molecule has 0 saturated heterocycles. The van der Waals surface area contributed by atoms with Gasteiger partial charge >= 0.3 is 18.5 Å². The van der Waals surface area contributed by atoms with Gasteiger partial charge in [-0.05, 0) is 42.8 Å². The normalized spacial score (nSPS) is 14.5. The van der Waals surface area contributed by atoms with Gasteiger partial charge in [-0.1, -0.05) is 29.3 Å². The van der Waals surface area contributed by atoms with Crippen molar-refractivity contribution in [1.82, 2.24) is 10.6 Å². The van der Waals surface area contributed by atoms with Crippen LogP contribution in [0.3, 0.4) is 0 Å². The van der Waals surface area contributed by atoms with Gasteiger partial charge in [-0.2, -0.15) is 39.5 Å². The number of allylic oxidation sites excluding steroid dienone is 1. The lowest BCUT2D eigenvalue weighted by Gasteiger charge is -2.20. The van der Waals surface area contributed by atoms with Crippen molar-refractivity contribution in [1.29, 1.82) is 0 Å². The fourth-order valence-corrected chi connectivity index (χ4v) is 3.79. The molecule has 220 valence electrons. The standard InChI is InChI=1S/C23H15Cl2F11N2O2/c1-9(37-18(39)8-21(28,29)30)38-20(40)12-3-2-10(4-14(12)23(34,35)36)17(26)7-13(22(31,32)33)11-5-15(24)19(27)16(25)6-11/h2-7,9,13H,8H2,1H3,(H,37,39)(H,38,40)/b17-7-. The van der Waals surface area contributed by atoms with Crippen molar-refractivity contribution in [2.75, 3.05) is 0 Å². The molecule has 40 heavy (non-hydrogen) atoms. The summed E-state index contributed by atoms with van der Waals surface area (Å²) in [5, 5.41) is 1.85. The van der Waals surface area contributed by atoms with Crippen molar-refractivity contribution < 1.29 is 57.9 Å². The summed E-state index contributed by atoms with van der Waals surface area (Å²) in [7, 11) is 0. The second kappa shape index (κ2) is 12.2. The van der Waals surface area contributed by atoms with E-state index < -0.39 is 92.8 Å². The SMILES string of the molecule is CC(NC(=O)CC(F)(F)F)NC(=O)c1ccc(/C(F)=C/C(c2cc(Cl)c(F)c(Cl)c2)C(F)(F)F)cc1C(F)(F)F. The lowest BCUT2D eigenvalue weighted by Crippen LogP contribution is -2.47. The molecule has 0 bridgehead atoms. The topological polar surface area (TPSA) is 58.2 Å². The third kappa shape index (κ3) is 8.98. The molecule has 0 aliphatic rings. The molecule has 17 heteroatoms. The van der Waals surface area contributed by atoms with Gasteiger partial charge in [0.25, 0.3) is 5.91 Å². The van der Waals surface area contributed by atoms with E-state index in [9.17, 15) is 57.9 Å². The molecule has 2 amide bonds. The molecule has 4 nitrogen and oxygen atoms in total. The highest BCUT2D eigenvalue weighted by atomic mass is 35.5. The maximum absolute atomic E-state index is 14.9. The van der Waals surface area contributed by atoms with Gasteiger partial charge < -0.3 is 10.6 Å². The van der Waals surface area contributed by atoms with Crippen molar-refractivity contribution in [2.45, 2.75) is 44.0 Å². The smallest absolute Gasteiger partial charge is 0.336 e. The fraction of sp³-hybridized carbons (Fsp3) is 0.304. The van der Waals surface area contributed by atoms with Crippen LogP contribution in [0.1, 0.15) is 46.3 Å². The van der Waals surface area contributed by atoms with E-state index in [0.717, 1.165) is 6.92 Å². The summed E-state index contributed by atoms with van der Waals surface area (Å²) in [4.78, 5) is 23.7. The molecule has 0 spiro atoms. The minimum atomic E-state index is -5.35. The van der Waals surface area contributed by atoms with E-state index in [-0.39, 0.29) is 12.1 Å². The zero-order valence-electron chi connectivity index (χ0n) is 19.6. The third-order valence-electron chi connectivity index (χ3n) is 4.96. The van der Waals surface area contributed by atoms with Gasteiger partial charge in [0, 0.05) is 5.56 Å². The Morgan fingerprint density at radius 1 is 0.925 bits per heavy atom. The van der Waals surface area contributed by atoms with E-state index in [1.165, 1.54) is 0 Å². The Bertz CT molecular complexity index is 1280. The lowest BCUT2D eigenvalue weighted by atomic mass is 9.95. The summed E-state index contributed by atoms with van der Waals surface area (Å²) >= 11 is 11.0. The second-order valence-electron chi connectivity index (χ2n) is 8.15. The van der Waals surface area contributed by atoms with Crippen LogP contribution in [-0.4, -0.2) is 30.3 Å². The molecule has 2 atom stereocenters. The summed E-state index contributed by atoms with van der Waals surface area (Å²) < 4.78 is 147. The van der Waals surface area contributed by atoms with Crippen molar-refractivity contribution in [3.05, 3.63) is 74.5 Å². The minimum absolute atomic E-state index is 0.0334. The summed E-state index contributed by atoms with van der Waals surface area (Å²) in [6, 6.07) is 2.01. The molecular weight excluding hydrogens is 616 g/mol. The van der Waals surface area contributed by atoms with Crippen LogP contribution in [0.2, 0.25) is 10.0 Å². The molecule has 2 rings (SSSR count). The van der Waals surface area contributed by atoms with Crippen molar-refractivity contribution in [3.8, 4) is 0 Å². The first-order valence-electron chi connectivity index (χ1n) is 10.6. The van der Waals surface area contributed by atoms with E-state index in [0.29, 0.717) is 24.3 Å². The molecule has 2 N–H and O–H groups in total. The van der Waals surface area contributed by atoms with Crippen LogP contribution in [0.15, 0.2) is 36.4 Å². The molecule has 0 radical (unpaired) electrons. The highest BCUT2D eigenvalue weighted by molar-refractivity contribution is 6.35. The van der Waals surface area contributed by atoms with Crippen LogP contribution < -0.4 is 10.6 Å². The molecular formula is C23H15Cl2F11N2O2. The molecule has 0 fully saturated rings. The first-order chi connectivity index (χ1) is 18.1. The molecule has 0 heterocycles. The third-order valence-corrected chi connectivity index (χ3v) is 5.51. The fourth-order valence-electron chi connectivity index (χ4n) is 3.29. The maximum Gasteiger partial charge on any atom is 0.417 e. The highest BCUT2D eigenvalue weighted by Gasteiger charge is 2.41. The summed E-state index contributed by atoms with van der Waals surface area (Å²) in [5.74, 6) is -9.05. The Morgan fingerprint density at radius 3 is 1.95 bits per heavy atom. The first-order valence-corrected chi connectivity index (χ1v) is 11.3. The molecule has 2 aromatic rings. The van der Waals surface area contributed by atoms with Crippen molar-refractivity contribution >= 4 is 40.8 Å². The van der Waals surface area contributed by atoms with Crippen LogP contribution in [-0.2, 0) is 11.0 Å². The summed E-state index contributed by atoms with van der Waals surface area (Å²) in [6.07, 6.45) is -19.1. The molecule has 2 unspecified atom stereocenters. The lowest BCUT2D eigenvalue weighted by molar-refractivity contribution is -0.154. The predicted molar refractivity (Wildman–Crippen MR) is 121 cm³/mol. The number of benzene rings is 2. The molecule has 0 aromatic heterocycles. The van der Waals surface area contributed by atoms with Gasteiger partial charge in [-0.25, -0.2) is 8.78 Å². The van der Waals surface area contributed by atoms with Crippen LogP contribution in [0.4, 0.5) is 48.3 Å². The number of rotatable bonds is 7. The Kier molecular flexibility index (Phi) is 10.1. The Hall–Kier alpha value is -3.07. The van der Waals surface area contributed by atoms with Gasteiger partial charge in [-0.15, -0.1) is 0 Å². The number of hydrogen-bond acceptors (Lipinski definition) is 2. The predicted octanol–water partition coefficient (Wildman–Crippen LogP) is 7.95. The summed E-state index contributed by atoms with van der Waals surface area (Å²) in [5.41, 5.74) is -4.85. The van der Waals surface area contributed by atoms with Crippen LogP contribution >= 0.6 is 23.2 Å². The number of carbonyl (C=O) groups is 2. The Morgan fingerprint density at radius 2 is 1.48 bits per heavy atom. The monoisotopic (exact) mass is 630 g/mol. The van der Waals surface area contributed by atoms with E-state index in [2.05, 4.69) is 0 Å². The average molecular weight is 631 g/mol. The van der Waals surface area contributed by atoms with Gasteiger partial charge in [0.1, 0.15) is 18.2 Å². The Balaban J connectivity index is 2.44. The zero-order valence-corrected chi connectivity index (χ0v) is 21.1. The number of nitrogens with one attached hydrogen (secondary N) is 2. The quantitative estimate of drug-likeness (QED) is 0.185. The highest BCUT2D eigenvalue weighted by Crippen LogP contribution is 2.41. The van der Waals surface area contributed by atoms with E-state index in [4.69, 9.17) is 23.2 Å². The maximum atomic E-state index is 14.9. The molecule has 0 saturated carbocycles. The number of carbonyl (C=O) groups excluding carboxylic acids is 2. The second-order valence-corrected chi connectivity index (χ2v) is 8.96. The van der Waals surface area contributed by atoms with Crippen LogP contribution in [0, 0.1) is 5.82 Å². The van der Waals surface area contributed by atoms with E-state index in [1.807, 2.05) is 5.32 Å². The van der Waals surface area contributed by atoms with Crippen molar-refractivity contribution in [2.24, 2.45) is 0 Å². The number of halogens is 13. The van der Waals surface area contributed by atoms with Gasteiger partial charge in [-0.3, -0.25) is 9.59 Å². The molecule has 0 aliphatic heterocycles. The van der Waals surface area contributed by atoms with Crippen molar-refractivity contribution in [3.63, 3.8) is 0 Å². The van der Waals surface area contributed by atoms with Gasteiger partial charge in [0.15, 0.2) is 5.82 Å². The first kappa shape index (κ1) is 33.1. The van der Waals surface area contributed by atoms with E-state index >= 15 is 0 Å². The van der Waals surface area contributed by atoms with E-state index in [1.54, 1.807) is 5.32 Å². The summed E-state index contributed by atoms with van der Waals surface area (Å²) in [6.45, 7) is 0.946. The largest absolute Gasteiger partial charge is 0.417 e. The van der Waals surface area contributed by atoms with Crippen LogP contribution in [0.5, 0.6) is 0 Å².